The molecule has 3 amide bonds. The van der Waals surface area contributed by atoms with Gasteiger partial charge in [0.15, 0.2) is 0 Å². The molecule has 0 bridgehead atoms. The molecule has 2 aromatic carbocycles. The number of nitrogens with two attached hydrogens (primary N) is 1. The normalized spacial score (nSPS) is 14.9. The first kappa shape index (κ1) is 19.0. The number of amides is 3. The zero-order valence-corrected chi connectivity index (χ0v) is 15.3. The van der Waals surface area contributed by atoms with Gasteiger partial charge in [0.05, 0.1) is 0 Å². The molecule has 1 heterocycles. The van der Waals surface area contributed by atoms with Crippen molar-refractivity contribution in [2.45, 2.75) is 32.1 Å². The van der Waals surface area contributed by atoms with Crippen molar-refractivity contribution in [3.63, 3.8) is 0 Å². The number of fused-ring (bicyclic) bond motifs is 1. The molecule has 1 fully saturated rings. The van der Waals surface area contributed by atoms with Gasteiger partial charge >= 0.3 is 6.03 Å². The molecule has 5 N–H and O–H groups in total. The Balaban J connectivity index is 1.48. The van der Waals surface area contributed by atoms with Gasteiger partial charge in [-0.05, 0) is 66.6 Å². The van der Waals surface area contributed by atoms with Crippen LogP contribution in [0.5, 0.6) is 0 Å². The van der Waals surface area contributed by atoms with Crippen molar-refractivity contribution in [2.24, 2.45) is 5.92 Å². The highest BCUT2D eigenvalue weighted by Crippen LogP contribution is 2.24. The summed E-state index contributed by atoms with van der Waals surface area (Å²) < 4.78 is 0. The monoisotopic (exact) mass is 370 g/mol. The van der Waals surface area contributed by atoms with E-state index in [0.717, 1.165) is 47.8 Å². The molecular weight excluding hydrogens is 344 g/mol. The number of nitrogens with zero attached hydrogens (tertiary/aromatic N) is 1. The van der Waals surface area contributed by atoms with Crippen LogP contribution in [0.15, 0.2) is 36.4 Å². The Hall–Kier alpha value is -2.80. The number of benzene rings is 2. The number of hydrogen-bond donors (Lipinski definition) is 4. The number of likely N-dealkylation sites (tertiary alicyclic amines) is 1. The second kappa shape index (κ2) is 8.73. The van der Waals surface area contributed by atoms with Crippen LogP contribution in [-0.4, -0.2) is 35.1 Å². The van der Waals surface area contributed by atoms with Crippen molar-refractivity contribution >= 4 is 34.1 Å². The van der Waals surface area contributed by atoms with E-state index in [1.165, 1.54) is 0 Å². The Morgan fingerprint density at radius 1 is 1.11 bits per heavy atom. The van der Waals surface area contributed by atoms with Crippen LogP contribution in [0.3, 0.4) is 0 Å². The Kier molecular flexibility index (Phi) is 6.13. The maximum absolute atomic E-state index is 12.5. The molecule has 144 valence electrons. The topological polar surface area (TPSA) is 108 Å². The van der Waals surface area contributed by atoms with Gasteiger partial charge in [0.1, 0.15) is 0 Å². The lowest BCUT2D eigenvalue weighted by atomic mass is 9.91. The predicted molar refractivity (Wildman–Crippen MR) is 105 cm³/mol. The lowest BCUT2D eigenvalue weighted by Gasteiger charge is -2.32. The molecule has 1 aliphatic rings. The lowest BCUT2D eigenvalue weighted by molar-refractivity contribution is -0.129. The molecule has 7 nitrogen and oxygen atoms in total. The number of piperidine rings is 1. The van der Waals surface area contributed by atoms with Gasteiger partial charge in [-0.1, -0.05) is 12.1 Å². The summed E-state index contributed by atoms with van der Waals surface area (Å²) in [7, 11) is 0. The maximum Gasteiger partial charge on any atom is 0.321 e. The number of carbonyl (C=O) groups excluding carboxylic acids is 2. The summed E-state index contributed by atoms with van der Waals surface area (Å²) in [6, 6.07) is 11.4. The van der Waals surface area contributed by atoms with Gasteiger partial charge in [-0.3, -0.25) is 10.0 Å². The number of rotatable bonds is 5. The molecule has 7 heteroatoms. The molecule has 27 heavy (non-hydrogen) atoms. The van der Waals surface area contributed by atoms with Crippen molar-refractivity contribution in [3.05, 3.63) is 36.4 Å². The molecule has 0 aromatic heterocycles. The van der Waals surface area contributed by atoms with E-state index in [4.69, 9.17) is 10.9 Å². The van der Waals surface area contributed by atoms with Crippen molar-refractivity contribution < 1.29 is 14.8 Å². The lowest BCUT2D eigenvalue weighted by Crippen LogP contribution is -2.41. The van der Waals surface area contributed by atoms with Crippen molar-refractivity contribution in [3.8, 4) is 0 Å². The van der Waals surface area contributed by atoms with Gasteiger partial charge in [-0.2, -0.15) is 0 Å². The number of nitrogens with one attached hydrogen (secondary N) is 2. The quantitative estimate of drug-likeness (QED) is 0.368. The van der Waals surface area contributed by atoms with Crippen molar-refractivity contribution in [1.82, 2.24) is 10.4 Å². The number of nitrogen functional groups attached to an aromatic ring is 1. The summed E-state index contributed by atoms with van der Waals surface area (Å²) in [5, 5.41) is 13.6. The smallest absolute Gasteiger partial charge is 0.321 e. The highest BCUT2D eigenvalue weighted by molar-refractivity contribution is 5.94. The van der Waals surface area contributed by atoms with Crippen LogP contribution in [-0.2, 0) is 4.79 Å². The van der Waals surface area contributed by atoms with Crippen LogP contribution in [0.2, 0.25) is 0 Å². The summed E-state index contributed by atoms with van der Waals surface area (Å²) in [5.41, 5.74) is 8.95. The Bertz CT molecular complexity index is 816. The maximum atomic E-state index is 12.5. The van der Waals surface area contributed by atoms with Gasteiger partial charge in [0, 0.05) is 30.9 Å². The summed E-state index contributed by atoms with van der Waals surface area (Å²) in [5.74, 6) is 0.177. The van der Waals surface area contributed by atoms with E-state index in [1.807, 2.05) is 41.3 Å². The molecule has 0 spiro atoms. The van der Waals surface area contributed by atoms with Gasteiger partial charge < -0.3 is 16.0 Å². The minimum absolute atomic E-state index is 0.0806. The molecule has 0 saturated carbocycles. The minimum Gasteiger partial charge on any atom is -0.399 e. The Morgan fingerprint density at radius 3 is 2.56 bits per heavy atom. The molecule has 3 rings (SSSR count). The third kappa shape index (κ3) is 5.10. The van der Waals surface area contributed by atoms with Gasteiger partial charge in [-0.25, -0.2) is 10.3 Å². The van der Waals surface area contributed by atoms with Crippen LogP contribution in [0.25, 0.3) is 10.8 Å². The number of hydrogen-bond acceptors (Lipinski definition) is 4. The van der Waals surface area contributed by atoms with Crippen molar-refractivity contribution in [2.75, 3.05) is 24.1 Å². The van der Waals surface area contributed by atoms with E-state index in [0.29, 0.717) is 25.4 Å². The third-order valence-corrected chi connectivity index (χ3v) is 5.16. The second-order valence-corrected chi connectivity index (χ2v) is 7.11. The summed E-state index contributed by atoms with van der Waals surface area (Å²) in [6.07, 6.45) is 3.91. The van der Waals surface area contributed by atoms with Gasteiger partial charge in [0.25, 0.3) is 0 Å². The first-order valence-electron chi connectivity index (χ1n) is 9.33. The zero-order valence-electron chi connectivity index (χ0n) is 15.3. The average Bonchev–Trinajstić information content (AvgIpc) is 2.68. The summed E-state index contributed by atoms with van der Waals surface area (Å²) in [6.45, 7) is 1.43. The largest absolute Gasteiger partial charge is 0.399 e. The molecule has 0 atom stereocenters. The number of urea groups is 1. The number of anilines is 2. The van der Waals surface area contributed by atoms with E-state index in [2.05, 4.69) is 5.32 Å². The molecule has 1 saturated heterocycles. The second-order valence-electron chi connectivity index (χ2n) is 7.11. The molecule has 0 unspecified atom stereocenters. The molecule has 2 aromatic rings. The highest BCUT2D eigenvalue weighted by atomic mass is 16.5. The molecular formula is C20H26N4O3. The van der Waals surface area contributed by atoms with Gasteiger partial charge in [-0.15, -0.1) is 0 Å². The van der Waals surface area contributed by atoms with Crippen LogP contribution >= 0.6 is 0 Å². The molecule has 0 radical (unpaired) electrons. The van der Waals surface area contributed by atoms with E-state index in [-0.39, 0.29) is 11.9 Å². The predicted octanol–water partition coefficient (Wildman–Crippen LogP) is 3.34. The van der Waals surface area contributed by atoms with E-state index < -0.39 is 0 Å². The fourth-order valence-corrected chi connectivity index (χ4v) is 3.58. The third-order valence-electron chi connectivity index (χ3n) is 5.16. The number of carbonyl (C=O) groups is 2. The average molecular weight is 370 g/mol. The Labute approximate surface area is 158 Å². The molecule has 1 aliphatic heterocycles. The van der Waals surface area contributed by atoms with E-state index >= 15 is 0 Å². The first-order valence-corrected chi connectivity index (χ1v) is 9.33. The Morgan fingerprint density at radius 2 is 1.81 bits per heavy atom. The number of hydroxylamine groups is 1. The van der Waals surface area contributed by atoms with Gasteiger partial charge in [0.2, 0.25) is 5.91 Å². The SMILES string of the molecule is Nc1ccc2cc(NC(=O)N3CCC(CCCC(=O)NO)CC3)ccc2c1. The van der Waals surface area contributed by atoms with Crippen LogP contribution in [0.1, 0.15) is 32.1 Å². The minimum atomic E-state index is -0.343. The molecule has 0 aliphatic carbocycles. The standard InChI is InChI=1S/C20H26N4O3/c21-17-6-4-16-13-18(7-5-15(16)12-17)22-20(26)24-10-8-14(9-11-24)2-1-3-19(25)23-27/h4-7,12-14,27H,1-3,8-11,21H2,(H,22,26)(H,23,25). The van der Waals surface area contributed by atoms with Crippen molar-refractivity contribution in [1.29, 1.82) is 0 Å². The van der Waals surface area contributed by atoms with Crippen LogP contribution in [0, 0.1) is 5.92 Å². The zero-order chi connectivity index (χ0) is 19.2. The van der Waals surface area contributed by atoms with E-state index in [1.54, 1.807) is 5.48 Å². The first-order chi connectivity index (χ1) is 13.0. The fourth-order valence-electron chi connectivity index (χ4n) is 3.58. The summed E-state index contributed by atoms with van der Waals surface area (Å²) in [4.78, 5) is 25.4. The fraction of sp³-hybridized carbons (Fsp3) is 0.400. The summed E-state index contributed by atoms with van der Waals surface area (Å²) >= 11 is 0. The highest BCUT2D eigenvalue weighted by Gasteiger charge is 2.22. The van der Waals surface area contributed by atoms with Crippen LogP contribution in [0.4, 0.5) is 16.2 Å². The van der Waals surface area contributed by atoms with Crippen LogP contribution < -0.4 is 16.5 Å². The van der Waals surface area contributed by atoms with E-state index in [9.17, 15) is 9.59 Å².